The van der Waals surface area contributed by atoms with E-state index >= 15 is 0 Å². The first-order chi connectivity index (χ1) is 32.6. The fourth-order valence-corrected chi connectivity index (χ4v) is 16.1. The Bertz CT molecular complexity index is 2280. The monoisotopic (exact) mass is 971 g/mol. The number of carbonyl (C=O) groups is 3. The van der Waals surface area contributed by atoms with E-state index in [-0.39, 0.29) is 28.7 Å². The highest BCUT2D eigenvalue weighted by molar-refractivity contribution is 7.89. The van der Waals surface area contributed by atoms with Crippen molar-refractivity contribution in [3.8, 4) is 11.5 Å². The number of hydrogen-bond donors (Lipinski definition) is 4. The number of anilines is 1. The third-order valence-electron chi connectivity index (χ3n) is 16.8. The number of ether oxygens (including phenoxy) is 2. The number of aliphatic hydroxyl groups excluding tert-OH is 2. The van der Waals surface area contributed by atoms with Crippen LogP contribution in [0.15, 0.2) is 77.7 Å². The van der Waals surface area contributed by atoms with Crippen molar-refractivity contribution in [2.45, 2.75) is 146 Å². The largest absolute Gasteiger partial charge is 0.462 e. The van der Waals surface area contributed by atoms with Gasteiger partial charge in [0.2, 0.25) is 15.9 Å². The van der Waals surface area contributed by atoms with Gasteiger partial charge in [-0.3, -0.25) is 9.59 Å². The number of piperidine rings is 1. The highest BCUT2D eigenvalue weighted by atomic mass is 35.5. The summed E-state index contributed by atoms with van der Waals surface area (Å²) in [5, 5.41) is 27.4. The van der Waals surface area contributed by atoms with Crippen LogP contribution in [0.25, 0.3) is 0 Å². The Morgan fingerprint density at radius 2 is 1.12 bits per heavy atom. The molecule has 0 aromatic heterocycles. The van der Waals surface area contributed by atoms with Gasteiger partial charge in [-0.2, -0.15) is 4.31 Å². The zero-order valence-electron chi connectivity index (χ0n) is 39.5. The average molecular weight is 973 g/mol. The SMILES string of the molecule is CCOC(=O)c1ccc(Oc2ccc(NC(=O)C(O)CCC34CC5CC(CC(C5)C3)C4)cc2)cc1.O=C(NC1CCN(S(=O)(=O)c2ccc(Cl)cc2)CC1)C(O)CCC12CC3CC(CC(C3)C1)C2. The number of rotatable bonds is 16. The molecule has 9 fully saturated rings. The van der Waals surface area contributed by atoms with Crippen molar-refractivity contribution in [3.63, 3.8) is 0 Å². The molecule has 2 amide bonds. The molecule has 68 heavy (non-hydrogen) atoms. The molecule has 2 atom stereocenters. The second kappa shape index (κ2) is 20.8. The third-order valence-corrected chi connectivity index (χ3v) is 19.0. The van der Waals surface area contributed by atoms with E-state index in [0.29, 0.717) is 84.0 Å². The highest BCUT2D eigenvalue weighted by Gasteiger charge is 2.52. The molecule has 1 heterocycles. The van der Waals surface area contributed by atoms with Crippen LogP contribution in [0.1, 0.15) is 133 Å². The molecule has 368 valence electrons. The molecule has 4 N–H and O–H groups in total. The first-order valence-corrected chi connectivity index (χ1v) is 27.2. The number of nitrogens with one attached hydrogen (secondary N) is 2. The summed E-state index contributed by atoms with van der Waals surface area (Å²) >= 11 is 5.87. The summed E-state index contributed by atoms with van der Waals surface area (Å²) in [6, 6.07) is 19.9. The molecular formula is C54H70ClN3O9S. The smallest absolute Gasteiger partial charge is 0.338 e. The molecule has 1 aliphatic heterocycles. The van der Waals surface area contributed by atoms with Crippen molar-refractivity contribution in [2.75, 3.05) is 25.0 Å². The van der Waals surface area contributed by atoms with Gasteiger partial charge in [-0.1, -0.05) is 11.6 Å². The lowest BCUT2D eigenvalue weighted by atomic mass is 9.48. The third kappa shape index (κ3) is 11.6. The second-order valence-corrected chi connectivity index (χ2v) is 24.3. The van der Waals surface area contributed by atoms with E-state index in [4.69, 9.17) is 21.1 Å². The Morgan fingerprint density at radius 3 is 1.57 bits per heavy atom. The van der Waals surface area contributed by atoms with Crippen LogP contribution in [0.2, 0.25) is 5.02 Å². The number of hydrogen-bond acceptors (Lipinski definition) is 9. The molecular weight excluding hydrogens is 902 g/mol. The van der Waals surface area contributed by atoms with Gasteiger partial charge in [0.15, 0.2) is 0 Å². The van der Waals surface area contributed by atoms with Crippen LogP contribution in [0.5, 0.6) is 11.5 Å². The predicted molar refractivity (Wildman–Crippen MR) is 261 cm³/mol. The lowest BCUT2D eigenvalue weighted by molar-refractivity contribution is -0.131. The summed E-state index contributed by atoms with van der Waals surface area (Å²) in [7, 11) is -3.57. The Balaban J connectivity index is 0.000000170. The first kappa shape index (κ1) is 49.0. The number of carbonyl (C=O) groups excluding carboxylic acids is 3. The van der Waals surface area contributed by atoms with E-state index in [9.17, 15) is 33.0 Å². The molecule has 3 aromatic rings. The molecule has 0 radical (unpaired) electrons. The summed E-state index contributed by atoms with van der Waals surface area (Å²) in [5.74, 6) is 5.43. The lowest BCUT2D eigenvalue weighted by Gasteiger charge is -2.57. The van der Waals surface area contributed by atoms with Gasteiger partial charge in [-0.05, 0) is 242 Å². The van der Waals surface area contributed by atoms with Crippen molar-refractivity contribution in [2.24, 2.45) is 46.3 Å². The lowest BCUT2D eigenvalue weighted by Crippen LogP contribution is -2.49. The zero-order chi connectivity index (χ0) is 47.6. The van der Waals surface area contributed by atoms with Crippen molar-refractivity contribution in [1.82, 2.24) is 9.62 Å². The van der Waals surface area contributed by atoms with Gasteiger partial charge in [-0.25, -0.2) is 13.2 Å². The van der Waals surface area contributed by atoms with Crippen LogP contribution >= 0.6 is 11.6 Å². The minimum absolute atomic E-state index is 0.108. The Morgan fingerprint density at radius 1 is 0.676 bits per heavy atom. The fraction of sp³-hybridized carbons (Fsp3) is 0.611. The van der Waals surface area contributed by atoms with E-state index in [1.54, 1.807) is 67.6 Å². The summed E-state index contributed by atoms with van der Waals surface area (Å²) in [6.45, 7) is 2.79. The minimum atomic E-state index is -3.57. The molecule has 12 nitrogen and oxygen atoms in total. The summed E-state index contributed by atoms with van der Waals surface area (Å²) in [6.07, 6.45) is 18.2. The van der Waals surface area contributed by atoms with Crippen molar-refractivity contribution in [1.29, 1.82) is 0 Å². The predicted octanol–water partition coefficient (Wildman–Crippen LogP) is 9.92. The van der Waals surface area contributed by atoms with Crippen LogP contribution in [0.3, 0.4) is 0 Å². The van der Waals surface area contributed by atoms with E-state index < -0.39 is 22.2 Å². The molecule has 8 saturated carbocycles. The Labute approximate surface area is 407 Å². The minimum Gasteiger partial charge on any atom is -0.462 e. The summed E-state index contributed by atoms with van der Waals surface area (Å²) < 4.78 is 37.9. The second-order valence-electron chi connectivity index (χ2n) is 21.9. The highest BCUT2D eigenvalue weighted by Crippen LogP contribution is 2.63. The molecule has 3 aromatic carbocycles. The Hall–Kier alpha value is -4.01. The number of benzene rings is 3. The van der Waals surface area contributed by atoms with Crippen molar-refractivity contribution < 1.29 is 42.5 Å². The van der Waals surface area contributed by atoms with Gasteiger partial charge in [-0.15, -0.1) is 0 Å². The maximum absolute atomic E-state index is 12.8. The number of aliphatic hydroxyl groups is 2. The Kier molecular flexibility index (Phi) is 15.0. The molecule has 2 unspecified atom stereocenters. The summed E-state index contributed by atoms with van der Waals surface area (Å²) in [4.78, 5) is 37.2. The number of amides is 2. The fourth-order valence-electron chi connectivity index (χ4n) is 14.5. The standard InChI is InChI=1S/C29H35NO5.C25H35ClN2O4S/c1-2-34-28(33)22-3-7-24(8-4-22)35-25-9-5-23(6-10-25)30-27(32)26(31)11-12-29-16-19-13-20(17-29)15-21(14-19)18-29;26-20-1-3-22(4-2-20)33(31,32)28-9-6-21(7-10-28)27-24(30)23(29)5-8-25-14-17-11-18(15-25)13-19(12-17)16-25/h3-10,19-21,26,31H,2,11-18H2,1H3,(H,30,32);1-4,17-19,21,23,29H,5-16H2,(H,27,30). The molecule has 14 heteroatoms. The zero-order valence-corrected chi connectivity index (χ0v) is 41.0. The molecule has 1 saturated heterocycles. The van der Waals surface area contributed by atoms with Crippen LogP contribution in [0, 0.1) is 46.3 Å². The van der Waals surface area contributed by atoms with Gasteiger partial charge in [0.25, 0.3) is 5.91 Å². The normalized spacial score (nSPS) is 30.2. The van der Waals surface area contributed by atoms with E-state index in [0.717, 1.165) is 48.3 Å². The number of esters is 1. The van der Waals surface area contributed by atoms with Gasteiger partial charge in [0.05, 0.1) is 17.1 Å². The number of sulfonamides is 1. The molecule has 0 spiro atoms. The quantitative estimate of drug-likeness (QED) is 0.102. The summed E-state index contributed by atoms with van der Waals surface area (Å²) in [5.41, 5.74) is 1.81. The maximum Gasteiger partial charge on any atom is 0.338 e. The van der Waals surface area contributed by atoms with Crippen LogP contribution in [-0.4, -0.2) is 78.7 Å². The molecule has 9 aliphatic rings. The van der Waals surface area contributed by atoms with E-state index in [1.807, 2.05) is 0 Å². The van der Waals surface area contributed by atoms with Crippen LogP contribution in [-0.2, 0) is 24.3 Å². The van der Waals surface area contributed by atoms with Crippen molar-refractivity contribution in [3.05, 3.63) is 83.4 Å². The first-order valence-electron chi connectivity index (χ1n) is 25.4. The van der Waals surface area contributed by atoms with Crippen molar-refractivity contribution >= 4 is 45.1 Å². The maximum atomic E-state index is 12.8. The van der Waals surface area contributed by atoms with E-state index in [1.165, 1.54) is 93.5 Å². The molecule has 8 aliphatic carbocycles. The van der Waals surface area contributed by atoms with Gasteiger partial charge >= 0.3 is 5.97 Å². The van der Waals surface area contributed by atoms with E-state index in [2.05, 4.69) is 10.6 Å². The number of nitrogens with zero attached hydrogens (tertiary/aromatic N) is 1. The number of halogens is 1. The van der Waals surface area contributed by atoms with Crippen LogP contribution in [0.4, 0.5) is 5.69 Å². The topological polar surface area (TPSA) is 172 Å². The van der Waals surface area contributed by atoms with Crippen LogP contribution < -0.4 is 15.4 Å². The van der Waals surface area contributed by atoms with Gasteiger partial charge in [0.1, 0.15) is 23.7 Å². The van der Waals surface area contributed by atoms with Gasteiger partial charge < -0.3 is 30.3 Å². The molecule has 8 bridgehead atoms. The average Bonchev–Trinajstić information content (AvgIpc) is 3.30. The van der Waals surface area contributed by atoms with Gasteiger partial charge in [0, 0.05) is 29.8 Å². The molecule has 12 rings (SSSR count).